The van der Waals surface area contributed by atoms with Crippen LogP contribution in [0.2, 0.25) is 5.02 Å². The Balaban J connectivity index is 2.09. The summed E-state index contributed by atoms with van der Waals surface area (Å²) in [7, 11) is -2.58. The number of thiophene rings is 1. The first kappa shape index (κ1) is 19.1. The third-order valence-corrected chi connectivity index (χ3v) is 6.89. The molecule has 3 aromatic heterocycles. The molecule has 3 rings (SSSR count). The summed E-state index contributed by atoms with van der Waals surface area (Å²) in [5.74, 6) is 0.259. The predicted octanol–water partition coefficient (Wildman–Crippen LogP) is 3.41. The molecular formula is C15H16ClN3O5S2. The van der Waals surface area contributed by atoms with Crippen LogP contribution >= 0.6 is 22.9 Å². The smallest absolute Gasteiger partial charge is 0.269 e. The maximum Gasteiger partial charge on any atom is 0.269 e. The summed E-state index contributed by atoms with van der Waals surface area (Å²) in [6.45, 7) is 2.89. The van der Waals surface area contributed by atoms with Crippen molar-refractivity contribution in [2.45, 2.75) is 25.0 Å². The summed E-state index contributed by atoms with van der Waals surface area (Å²) in [6, 6.07) is 3.37. The van der Waals surface area contributed by atoms with Crippen LogP contribution in [0.1, 0.15) is 12.7 Å². The van der Waals surface area contributed by atoms with Crippen LogP contribution < -0.4 is 4.31 Å². The first-order valence-corrected chi connectivity index (χ1v) is 10.2. The first-order valence-electron chi connectivity index (χ1n) is 7.47. The average Bonchev–Trinajstić information content (AvgIpc) is 3.20. The van der Waals surface area contributed by atoms with E-state index in [-0.39, 0.29) is 22.5 Å². The van der Waals surface area contributed by atoms with Crippen molar-refractivity contribution in [3.05, 3.63) is 34.5 Å². The van der Waals surface area contributed by atoms with Gasteiger partial charge in [-0.1, -0.05) is 16.8 Å². The number of fused-ring (bicyclic) bond motifs is 1. The van der Waals surface area contributed by atoms with Crippen molar-refractivity contribution >= 4 is 49.0 Å². The lowest BCUT2D eigenvalue weighted by Crippen LogP contribution is -2.35. The Morgan fingerprint density at radius 2 is 2.23 bits per heavy atom. The lowest BCUT2D eigenvalue weighted by Gasteiger charge is -2.23. The van der Waals surface area contributed by atoms with Crippen LogP contribution in [0.5, 0.6) is 0 Å². The number of aryl methyl sites for hydroxylation is 1. The molecule has 0 aliphatic rings. The van der Waals surface area contributed by atoms with Crippen LogP contribution in [0.4, 0.5) is 5.82 Å². The number of anilines is 1. The molecule has 1 unspecified atom stereocenters. The normalized spacial score (nSPS) is 13.2. The minimum absolute atomic E-state index is 0.0456. The number of nitrogens with zero attached hydrogens (tertiary/aromatic N) is 3. The second-order valence-electron chi connectivity index (χ2n) is 5.29. The highest BCUT2D eigenvalue weighted by atomic mass is 35.5. The molecule has 0 spiro atoms. The Labute approximate surface area is 159 Å². The molecule has 1 atom stereocenters. The van der Waals surface area contributed by atoms with E-state index in [0.717, 1.165) is 4.31 Å². The molecule has 0 aliphatic heterocycles. The molecule has 8 nitrogen and oxygen atoms in total. The first-order chi connectivity index (χ1) is 12.4. The van der Waals surface area contributed by atoms with Crippen LogP contribution in [0.3, 0.4) is 0 Å². The van der Waals surface area contributed by atoms with Crippen molar-refractivity contribution < 1.29 is 22.4 Å². The van der Waals surface area contributed by atoms with E-state index in [1.807, 2.05) is 0 Å². The Bertz CT molecular complexity index is 1020. The molecule has 0 fully saturated rings. The molecule has 0 saturated heterocycles. The van der Waals surface area contributed by atoms with Crippen LogP contribution in [0, 0.1) is 6.92 Å². The molecule has 11 heteroatoms. The summed E-state index contributed by atoms with van der Waals surface area (Å²) in [5.41, 5.74) is 0. The zero-order valence-corrected chi connectivity index (χ0v) is 16.6. The molecule has 0 saturated carbocycles. The zero-order valence-electron chi connectivity index (χ0n) is 14.2. The van der Waals surface area contributed by atoms with E-state index in [4.69, 9.17) is 25.6 Å². The van der Waals surface area contributed by atoms with Gasteiger partial charge in [-0.25, -0.2) is 17.7 Å². The number of hydrogen-bond donors (Lipinski definition) is 0. The largest absolute Gasteiger partial charge is 0.358 e. The number of rotatable bonds is 7. The van der Waals surface area contributed by atoms with Gasteiger partial charge in [0.2, 0.25) is 5.82 Å². The average molecular weight is 418 g/mol. The van der Waals surface area contributed by atoms with Gasteiger partial charge in [-0.15, -0.1) is 11.3 Å². The summed E-state index contributed by atoms with van der Waals surface area (Å²) in [4.78, 5) is 4.88. The fraction of sp³-hybridized carbons (Fsp3) is 0.333. The maximum absolute atomic E-state index is 13.3. The van der Waals surface area contributed by atoms with Crippen molar-refractivity contribution in [3.63, 3.8) is 0 Å². The molecule has 0 aromatic carbocycles. The van der Waals surface area contributed by atoms with Gasteiger partial charge in [0.25, 0.3) is 10.0 Å². The van der Waals surface area contributed by atoms with Gasteiger partial charge >= 0.3 is 0 Å². The molecule has 0 radical (unpaired) electrons. The highest BCUT2D eigenvalue weighted by molar-refractivity contribution is 7.93. The van der Waals surface area contributed by atoms with E-state index in [9.17, 15) is 8.42 Å². The molecule has 0 amide bonds. The highest BCUT2D eigenvalue weighted by Gasteiger charge is 2.33. The van der Waals surface area contributed by atoms with Crippen LogP contribution in [-0.4, -0.2) is 38.7 Å². The SMILES string of the molecule is COC(C)OCN(c1noc(C)c1Cl)S(=O)(=O)c1csc2ncccc12. The van der Waals surface area contributed by atoms with Gasteiger partial charge in [0.15, 0.2) is 12.1 Å². The van der Waals surface area contributed by atoms with Gasteiger partial charge in [-0.05, 0) is 26.0 Å². The summed E-state index contributed by atoms with van der Waals surface area (Å²) in [5, 5.41) is 5.92. The molecule has 0 aliphatic carbocycles. The number of pyridine rings is 1. The van der Waals surface area contributed by atoms with Crippen molar-refractivity contribution in [2.75, 3.05) is 18.1 Å². The van der Waals surface area contributed by atoms with Gasteiger partial charge < -0.3 is 14.0 Å². The second-order valence-corrected chi connectivity index (χ2v) is 8.35. The summed E-state index contributed by atoms with van der Waals surface area (Å²) in [6.07, 6.45) is 0.981. The van der Waals surface area contributed by atoms with Gasteiger partial charge in [0.05, 0.1) is 0 Å². The number of halogens is 1. The zero-order chi connectivity index (χ0) is 18.9. The van der Waals surface area contributed by atoms with Gasteiger partial charge in [0, 0.05) is 24.1 Å². The Kier molecular flexibility index (Phi) is 5.49. The molecule has 0 bridgehead atoms. The van der Waals surface area contributed by atoms with E-state index in [2.05, 4.69) is 10.1 Å². The third-order valence-electron chi connectivity index (χ3n) is 3.65. The Hall–Kier alpha value is -1.72. The molecular weight excluding hydrogens is 402 g/mol. The Morgan fingerprint density at radius 1 is 1.46 bits per heavy atom. The standard InChI is InChI=1S/C15H16ClN3O5S2/c1-9-13(16)14(18-24-9)19(8-23-10(2)22-3)26(20,21)12-7-25-15-11(12)5-4-6-17-15/h4-7,10H,8H2,1-3H3. The number of hydrogen-bond acceptors (Lipinski definition) is 8. The predicted molar refractivity (Wildman–Crippen MR) is 98.0 cm³/mol. The van der Waals surface area contributed by atoms with Crippen molar-refractivity contribution in [2.24, 2.45) is 0 Å². The molecule has 3 heterocycles. The number of sulfonamides is 1. The van der Waals surface area contributed by atoms with Crippen molar-refractivity contribution in [1.82, 2.24) is 10.1 Å². The number of methoxy groups -OCH3 is 1. The minimum Gasteiger partial charge on any atom is -0.358 e. The van der Waals surface area contributed by atoms with E-state index in [0.29, 0.717) is 16.0 Å². The summed E-state index contributed by atoms with van der Waals surface area (Å²) < 4.78 is 43.1. The highest BCUT2D eigenvalue weighted by Crippen LogP contribution is 2.35. The summed E-state index contributed by atoms with van der Waals surface area (Å²) >= 11 is 7.41. The van der Waals surface area contributed by atoms with E-state index in [1.54, 1.807) is 32.2 Å². The fourth-order valence-corrected chi connectivity index (χ4v) is 5.07. The van der Waals surface area contributed by atoms with E-state index >= 15 is 0 Å². The monoisotopic (exact) mass is 417 g/mol. The van der Waals surface area contributed by atoms with Crippen molar-refractivity contribution in [3.8, 4) is 0 Å². The van der Waals surface area contributed by atoms with Crippen LogP contribution in [0.25, 0.3) is 10.2 Å². The third kappa shape index (κ3) is 3.42. The number of aromatic nitrogens is 2. The van der Waals surface area contributed by atoms with Gasteiger partial charge in [-0.3, -0.25) is 0 Å². The van der Waals surface area contributed by atoms with Gasteiger partial charge in [-0.2, -0.15) is 0 Å². The van der Waals surface area contributed by atoms with Gasteiger partial charge in [0.1, 0.15) is 21.5 Å². The minimum atomic E-state index is -4.03. The molecule has 0 N–H and O–H groups in total. The fourth-order valence-electron chi connectivity index (χ4n) is 2.15. The molecule has 26 heavy (non-hydrogen) atoms. The molecule has 3 aromatic rings. The second kappa shape index (κ2) is 7.49. The van der Waals surface area contributed by atoms with E-state index < -0.39 is 16.3 Å². The lowest BCUT2D eigenvalue weighted by molar-refractivity contribution is -0.107. The Morgan fingerprint density at radius 3 is 2.88 bits per heavy atom. The maximum atomic E-state index is 13.3. The molecule has 140 valence electrons. The van der Waals surface area contributed by atoms with E-state index in [1.165, 1.54) is 23.8 Å². The topological polar surface area (TPSA) is 94.8 Å². The van der Waals surface area contributed by atoms with Crippen LogP contribution in [0.15, 0.2) is 33.1 Å². The number of ether oxygens (including phenoxy) is 2. The lowest BCUT2D eigenvalue weighted by atomic mass is 10.3. The van der Waals surface area contributed by atoms with Crippen molar-refractivity contribution in [1.29, 1.82) is 0 Å². The quantitative estimate of drug-likeness (QED) is 0.543. The van der Waals surface area contributed by atoms with Crippen LogP contribution in [-0.2, 0) is 19.5 Å².